The van der Waals surface area contributed by atoms with Crippen molar-refractivity contribution in [1.29, 1.82) is 0 Å². The average molecular weight is 495 g/mol. The lowest BCUT2D eigenvalue weighted by atomic mass is 10.0. The van der Waals surface area contributed by atoms with E-state index < -0.39 is 24.2 Å². The molecule has 0 radical (unpaired) electrons. The minimum atomic E-state index is -1.20. The van der Waals surface area contributed by atoms with Crippen molar-refractivity contribution in [2.45, 2.75) is 42.5 Å². The van der Waals surface area contributed by atoms with Crippen LogP contribution in [-0.2, 0) is 22.5 Å². The second-order valence-corrected chi connectivity index (χ2v) is 9.45. The number of carbonyl (C=O) groups excluding carboxylic acids is 1. The summed E-state index contributed by atoms with van der Waals surface area (Å²) in [5.74, 6) is 0.745. The number of rotatable bonds is 14. The van der Waals surface area contributed by atoms with Gasteiger partial charge in [-0.3, -0.25) is 0 Å². The summed E-state index contributed by atoms with van der Waals surface area (Å²) in [6.45, 7) is 0.933. The first kappa shape index (κ1) is 26.8. The molecule has 0 spiro atoms. The van der Waals surface area contributed by atoms with Gasteiger partial charge in [0, 0.05) is 29.8 Å². The molecule has 186 valence electrons. The van der Waals surface area contributed by atoms with Crippen LogP contribution >= 0.6 is 11.8 Å². The van der Waals surface area contributed by atoms with E-state index in [2.05, 4.69) is 5.32 Å². The first-order chi connectivity index (χ1) is 17.0. The molecule has 0 fully saturated rings. The Kier molecular flexibility index (Phi) is 11.1. The van der Waals surface area contributed by atoms with Gasteiger partial charge in [0.05, 0.1) is 7.11 Å². The highest BCUT2D eigenvalue weighted by Crippen LogP contribution is 2.19. The Morgan fingerprint density at radius 2 is 1.69 bits per heavy atom. The van der Waals surface area contributed by atoms with Crippen LogP contribution in [0.15, 0.2) is 89.8 Å². The van der Waals surface area contributed by atoms with E-state index in [-0.39, 0.29) is 0 Å². The number of nitrogens with two attached hydrogens (primary N) is 1. The van der Waals surface area contributed by atoms with Crippen molar-refractivity contribution in [2.24, 2.45) is 5.73 Å². The largest absolute Gasteiger partial charge is 0.497 e. The van der Waals surface area contributed by atoms with E-state index in [1.165, 1.54) is 0 Å². The van der Waals surface area contributed by atoms with Crippen LogP contribution in [-0.4, -0.2) is 48.7 Å². The van der Waals surface area contributed by atoms with Gasteiger partial charge in [0.15, 0.2) is 6.10 Å². The fraction of sp³-hybridized carbons (Fsp3) is 0.321. The Morgan fingerprint density at radius 1 is 1.00 bits per heavy atom. The van der Waals surface area contributed by atoms with E-state index in [4.69, 9.17) is 15.2 Å². The lowest BCUT2D eigenvalue weighted by molar-refractivity contribution is -0.160. The molecule has 0 aromatic heterocycles. The fourth-order valence-electron chi connectivity index (χ4n) is 3.59. The van der Waals surface area contributed by atoms with Crippen molar-refractivity contribution in [3.05, 3.63) is 96.1 Å². The number of esters is 1. The summed E-state index contributed by atoms with van der Waals surface area (Å²) in [6.07, 6.45) is -0.934. The third kappa shape index (κ3) is 9.38. The molecule has 3 aromatic carbocycles. The van der Waals surface area contributed by atoms with Gasteiger partial charge in [0.2, 0.25) is 0 Å². The quantitative estimate of drug-likeness (QED) is 0.232. The van der Waals surface area contributed by atoms with Crippen molar-refractivity contribution < 1.29 is 19.4 Å². The van der Waals surface area contributed by atoms with Gasteiger partial charge in [0.25, 0.3) is 0 Å². The molecule has 0 saturated heterocycles. The van der Waals surface area contributed by atoms with Crippen molar-refractivity contribution >= 4 is 17.7 Å². The van der Waals surface area contributed by atoms with E-state index >= 15 is 0 Å². The summed E-state index contributed by atoms with van der Waals surface area (Å²) in [7, 11) is 1.63. The molecule has 3 rings (SSSR count). The van der Waals surface area contributed by atoms with Crippen LogP contribution in [0, 0.1) is 0 Å². The predicted molar refractivity (Wildman–Crippen MR) is 140 cm³/mol. The van der Waals surface area contributed by atoms with Crippen LogP contribution < -0.4 is 15.8 Å². The molecular weight excluding hydrogens is 460 g/mol. The van der Waals surface area contributed by atoms with Gasteiger partial charge in [0.1, 0.15) is 11.9 Å². The number of benzene rings is 3. The average Bonchev–Trinajstić information content (AvgIpc) is 2.89. The molecular formula is C28H34N2O4S. The standard InChI is InChI=1S/C28H34N2O4S/c1-33-23-12-8-11-22(17-23)19-30-20-27(25(29)18-21-9-4-2-5-10-21)34-28(32)26(31)15-16-35-24-13-6-3-7-14-24/h2-14,17,25-27,30-31H,15-16,18-20,29H2,1H3/t25-,26?,27+/m0/s1. The molecule has 0 aliphatic heterocycles. The lowest BCUT2D eigenvalue weighted by Gasteiger charge is -2.26. The van der Waals surface area contributed by atoms with Crippen LogP contribution in [0.5, 0.6) is 5.75 Å². The van der Waals surface area contributed by atoms with Crippen molar-refractivity contribution in [1.82, 2.24) is 5.32 Å². The summed E-state index contributed by atoms with van der Waals surface area (Å²) in [6, 6.07) is 27.1. The van der Waals surface area contributed by atoms with Gasteiger partial charge in [-0.15, -0.1) is 11.8 Å². The first-order valence-corrected chi connectivity index (χ1v) is 12.7. The molecule has 0 heterocycles. The van der Waals surface area contributed by atoms with Gasteiger partial charge in [-0.25, -0.2) is 4.79 Å². The molecule has 35 heavy (non-hydrogen) atoms. The monoisotopic (exact) mass is 494 g/mol. The Balaban J connectivity index is 1.55. The molecule has 0 aliphatic rings. The molecule has 0 aliphatic carbocycles. The molecule has 0 bridgehead atoms. The summed E-state index contributed by atoms with van der Waals surface area (Å²) in [5.41, 5.74) is 8.59. The molecule has 0 amide bonds. The van der Waals surface area contributed by atoms with E-state index in [0.29, 0.717) is 31.7 Å². The summed E-state index contributed by atoms with van der Waals surface area (Å²) in [4.78, 5) is 13.8. The molecule has 7 heteroatoms. The van der Waals surface area contributed by atoms with E-state index in [0.717, 1.165) is 21.8 Å². The van der Waals surface area contributed by atoms with Crippen LogP contribution in [0.1, 0.15) is 17.5 Å². The van der Waals surface area contributed by atoms with E-state index in [1.807, 2.05) is 84.9 Å². The second-order valence-electron chi connectivity index (χ2n) is 8.28. The Labute approximate surface area is 211 Å². The topological polar surface area (TPSA) is 93.8 Å². The number of carbonyl (C=O) groups is 1. The van der Waals surface area contributed by atoms with E-state index in [9.17, 15) is 9.90 Å². The van der Waals surface area contributed by atoms with Crippen molar-refractivity contribution in [3.8, 4) is 5.75 Å². The third-order valence-electron chi connectivity index (χ3n) is 5.54. The number of aliphatic hydroxyl groups excluding tert-OH is 1. The SMILES string of the molecule is COc1cccc(CNC[C@@H](OC(=O)C(O)CCSc2ccccc2)[C@@H](N)Cc2ccccc2)c1. The van der Waals surface area contributed by atoms with Gasteiger partial charge >= 0.3 is 5.97 Å². The number of thioether (sulfide) groups is 1. The van der Waals surface area contributed by atoms with Gasteiger partial charge < -0.3 is 25.6 Å². The van der Waals surface area contributed by atoms with Crippen LogP contribution in [0.4, 0.5) is 0 Å². The van der Waals surface area contributed by atoms with Crippen LogP contribution in [0.2, 0.25) is 0 Å². The Morgan fingerprint density at radius 3 is 2.40 bits per heavy atom. The fourth-order valence-corrected chi connectivity index (χ4v) is 4.52. The minimum absolute atomic E-state index is 0.302. The number of aliphatic hydroxyl groups is 1. The maximum atomic E-state index is 12.7. The van der Waals surface area contributed by atoms with Crippen molar-refractivity contribution in [2.75, 3.05) is 19.4 Å². The van der Waals surface area contributed by atoms with Gasteiger partial charge in [-0.2, -0.15) is 0 Å². The molecule has 6 nitrogen and oxygen atoms in total. The molecule has 3 atom stereocenters. The smallest absolute Gasteiger partial charge is 0.335 e. The zero-order chi connectivity index (χ0) is 24.9. The Hall–Kier alpha value is -2.84. The molecule has 3 aromatic rings. The third-order valence-corrected chi connectivity index (χ3v) is 6.59. The highest BCUT2D eigenvalue weighted by atomic mass is 32.2. The Bertz CT molecular complexity index is 1020. The summed E-state index contributed by atoms with van der Waals surface area (Å²) < 4.78 is 11.0. The number of hydrogen-bond donors (Lipinski definition) is 3. The summed E-state index contributed by atoms with van der Waals surface area (Å²) in [5, 5.41) is 13.7. The van der Waals surface area contributed by atoms with Gasteiger partial charge in [-0.1, -0.05) is 60.7 Å². The predicted octanol–water partition coefficient (Wildman–Crippen LogP) is 3.81. The van der Waals surface area contributed by atoms with Crippen molar-refractivity contribution in [3.63, 3.8) is 0 Å². The molecule has 0 saturated carbocycles. The van der Waals surface area contributed by atoms with Crippen LogP contribution in [0.25, 0.3) is 0 Å². The number of nitrogens with one attached hydrogen (secondary N) is 1. The number of ether oxygens (including phenoxy) is 2. The zero-order valence-corrected chi connectivity index (χ0v) is 20.8. The maximum Gasteiger partial charge on any atom is 0.335 e. The molecule has 4 N–H and O–H groups in total. The maximum absolute atomic E-state index is 12.7. The first-order valence-electron chi connectivity index (χ1n) is 11.7. The molecule has 1 unspecified atom stereocenters. The lowest BCUT2D eigenvalue weighted by Crippen LogP contribution is -2.47. The summed E-state index contributed by atoms with van der Waals surface area (Å²) >= 11 is 1.59. The van der Waals surface area contributed by atoms with Crippen LogP contribution in [0.3, 0.4) is 0 Å². The minimum Gasteiger partial charge on any atom is -0.497 e. The highest BCUT2D eigenvalue weighted by molar-refractivity contribution is 7.99. The normalized spacial score (nSPS) is 13.6. The number of methoxy groups -OCH3 is 1. The second kappa shape index (κ2) is 14.5. The zero-order valence-electron chi connectivity index (χ0n) is 20.0. The van der Waals surface area contributed by atoms with Gasteiger partial charge in [-0.05, 0) is 48.2 Å². The highest BCUT2D eigenvalue weighted by Gasteiger charge is 2.26. The number of hydrogen-bond acceptors (Lipinski definition) is 7. The van der Waals surface area contributed by atoms with E-state index in [1.54, 1.807) is 18.9 Å².